The summed E-state index contributed by atoms with van der Waals surface area (Å²) in [5, 5.41) is 12.4. The van der Waals surface area contributed by atoms with Gasteiger partial charge in [0.2, 0.25) is 0 Å². The number of nitrogens with zero attached hydrogens (tertiary/aromatic N) is 3. The van der Waals surface area contributed by atoms with E-state index in [9.17, 15) is 4.39 Å². The summed E-state index contributed by atoms with van der Waals surface area (Å²) in [4.78, 5) is 6.67. The Morgan fingerprint density at radius 3 is 2.72 bits per heavy atom. The van der Waals surface area contributed by atoms with Gasteiger partial charge >= 0.3 is 0 Å². The lowest BCUT2D eigenvalue weighted by molar-refractivity contribution is 0.275. The molecule has 7 heteroatoms. The van der Waals surface area contributed by atoms with Crippen LogP contribution >= 0.6 is 24.0 Å². The molecule has 0 aliphatic carbocycles. The predicted molar refractivity (Wildman–Crippen MR) is 109 cm³/mol. The number of aryl methyl sites for hydroxylation is 1. The van der Waals surface area contributed by atoms with Gasteiger partial charge in [-0.05, 0) is 36.8 Å². The minimum Gasteiger partial charge on any atom is -0.392 e. The van der Waals surface area contributed by atoms with E-state index in [1.54, 1.807) is 12.1 Å². The number of rotatable bonds is 6. The second-order valence-corrected chi connectivity index (χ2v) is 5.72. The van der Waals surface area contributed by atoms with Crippen LogP contribution in [-0.2, 0) is 26.7 Å². The number of hydrogen-bond donors (Lipinski definition) is 2. The third-order valence-corrected chi connectivity index (χ3v) is 3.84. The Kier molecular flexibility index (Phi) is 8.91. The minimum absolute atomic E-state index is 0. The van der Waals surface area contributed by atoms with Gasteiger partial charge in [0.1, 0.15) is 5.82 Å². The summed E-state index contributed by atoms with van der Waals surface area (Å²) >= 11 is 0. The van der Waals surface area contributed by atoms with E-state index in [1.165, 1.54) is 11.8 Å². The number of aliphatic hydroxyl groups is 1. The predicted octanol–water partition coefficient (Wildman–Crippen LogP) is 2.87. The number of hydrogen-bond acceptors (Lipinski definition) is 2. The number of nitrogens with one attached hydrogen (secondary N) is 1. The van der Waals surface area contributed by atoms with E-state index in [-0.39, 0.29) is 30.6 Å². The van der Waals surface area contributed by atoms with E-state index in [2.05, 4.69) is 25.8 Å². The maximum atomic E-state index is 13.4. The Balaban J connectivity index is 0.00000312. The number of guanidine groups is 1. The molecule has 0 amide bonds. The lowest BCUT2D eigenvalue weighted by Crippen LogP contribution is -2.38. The fourth-order valence-corrected chi connectivity index (χ4v) is 2.46. The van der Waals surface area contributed by atoms with Crippen molar-refractivity contribution in [2.75, 3.05) is 13.6 Å². The lowest BCUT2D eigenvalue weighted by atomic mass is 10.1. The molecule has 0 atom stereocenters. The van der Waals surface area contributed by atoms with Crippen molar-refractivity contribution in [2.24, 2.45) is 12.0 Å². The largest absolute Gasteiger partial charge is 0.392 e. The minimum atomic E-state index is -0.391. The topological polar surface area (TPSA) is 52.8 Å². The number of aromatic nitrogens is 1. The first-order valence-electron chi connectivity index (χ1n) is 8.03. The molecule has 25 heavy (non-hydrogen) atoms. The third-order valence-electron chi connectivity index (χ3n) is 3.84. The molecule has 0 unspecified atom stereocenters. The Morgan fingerprint density at radius 1 is 1.36 bits per heavy atom. The zero-order valence-corrected chi connectivity index (χ0v) is 17.2. The highest BCUT2D eigenvalue weighted by molar-refractivity contribution is 14.0. The first kappa shape index (κ1) is 21.4. The van der Waals surface area contributed by atoms with Crippen LogP contribution in [-0.4, -0.2) is 34.1 Å². The molecular formula is C18H26FIN4O. The molecule has 2 rings (SSSR count). The standard InChI is InChI=1S/C18H25FN4O.HI/c1-4-20-18(23(3)12-16-6-5-9-22(16)2)21-11-14-7-8-17(19)15(10-14)13-24;/h5-10,24H,4,11-13H2,1-3H3,(H,20,21);1H. The van der Waals surface area contributed by atoms with Gasteiger partial charge in [0.15, 0.2) is 5.96 Å². The molecule has 0 saturated carbocycles. The van der Waals surface area contributed by atoms with Gasteiger partial charge < -0.3 is 19.9 Å². The molecule has 1 heterocycles. The number of aliphatic imine (C=N–C) groups is 1. The summed E-state index contributed by atoms with van der Waals surface area (Å²) in [5.41, 5.74) is 2.35. The van der Waals surface area contributed by atoms with Crippen LogP contribution in [0.1, 0.15) is 23.7 Å². The Hall–Kier alpha value is -1.61. The lowest BCUT2D eigenvalue weighted by Gasteiger charge is -2.22. The summed E-state index contributed by atoms with van der Waals surface area (Å²) in [6, 6.07) is 8.81. The molecule has 1 aromatic carbocycles. The summed E-state index contributed by atoms with van der Waals surface area (Å²) in [5.74, 6) is 0.395. The van der Waals surface area contributed by atoms with Crippen molar-refractivity contribution in [3.05, 3.63) is 59.2 Å². The molecule has 138 valence electrons. The van der Waals surface area contributed by atoms with Gasteiger partial charge in [-0.3, -0.25) is 0 Å². The summed E-state index contributed by atoms with van der Waals surface area (Å²) < 4.78 is 15.5. The maximum absolute atomic E-state index is 13.4. The van der Waals surface area contributed by atoms with Crippen molar-refractivity contribution in [1.29, 1.82) is 0 Å². The van der Waals surface area contributed by atoms with E-state index in [1.807, 2.05) is 33.3 Å². The molecule has 0 aliphatic rings. The first-order chi connectivity index (χ1) is 11.5. The van der Waals surface area contributed by atoms with Crippen LogP contribution in [0.2, 0.25) is 0 Å². The van der Waals surface area contributed by atoms with E-state index in [0.717, 1.165) is 24.6 Å². The fourth-order valence-electron chi connectivity index (χ4n) is 2.46. The molecule has 1 aromatic heterocycles. The highest BCUT2D eigenvalue weighted by atomic mass is 127. The normalized spacial score (nSPS) is 11.2. The molecule has 5 nitrogen and oxygen atoms in total. The second kappa shape index (κ2) is 10.4. The molecule has 0 bridgehead atoms. The Bertz CT molecular complexity index is 702. The van der Waals surface area contributed by atoms with Gasteiger partial charge in [-0.25, -0.2) is 9.38 Å². The van der Waals surface area contributed by atoms with Crippen molar-refractivity contribution in [1.82, 2.24) is 14.8 Å². The van der Waals surface area contributed by atoms with Crippen molar-refractivity contribution >= 4 is 29.9 Å². The zero-order valence-electron chi connectivity index (χ0n) is 14.9. The molecule has 0 saturated heterocycles. The van der Waals surface area contributed by atoms with Gasteiger partial charge in [0, 0.05) is 38.1 Å². The average molecular weight is 460 g/mol. The van der Waals surface area contributed by atoms with Crippen LogP contribution in [0.5, 0.6) is 0 Å². The highest BCUT2D eigenvalue weighted by Gasteiger charge is 2.09. The quantitative estimate of drug-likeness (QED) is 0.396. The van der Waals surface area contributed by atoms with Crippen LogP contribution in [0, 0.1) is 5.82 Å². The number of benzene rings is 1. The van der Waals surface area contributed by atoms with Crippen LogP contribution in [0.15, 0.2) is 41.5 Å². The van der Waals surface area contributed by atoms with Crippen LogP contribution < -0.4 is 5.32 Å². The SMILES string of the molecule is CCNC(=NCc1ccc(F)c(CO)c1)N(C)Cc1cccn1C.I. The van der Waals surface area contributed by atoms with Gasteiger partial charge in [-0.2, -0.15) is 0 Å². The van der Waals surface area contributed by atoms with Gasteiger partial charge in [0.25, 0.3) is 0 Å². The molecule has 0 fully saturated rings. The third kappa shape index (κ3) is 6.00. The number of halogens is 2. The first-order valence-corrected chi connectivity index (χ1v) is 8.03. The highest BCUT2D eigenvalue weighted by Crippen LogP contribution is 2.12. The molecular weight excluding hydrogens is 434 g/mol. The van der Waals surface area contributed by atoms with E-state index >= 15 is 0 Å². The fraction of sp³-hybridized carbons (Fsp3) is 0.389. The van der Waals surface area contributed by atoms with Gasteiger partial charge in [0.05, 0.1) is 19.7 Å². The Labute approximate surface area is 165 Å². The maximum Gasteiger partial charge on any atom is 0.194 e. The summed E-state index contributed by atoms with van der Waals surface area (Å²) in [7, 11) is 4.00. The molecule has 0 aliphatic heterocycles. The number of aliphatic hydroxyl groups excluding tert-OH is 1. The summed E-state index contributed by atoms with van der Waals surface area (Å²) in [6.07, 6.45) is 2.02. The summed E-state index contributed by atoms with van der Waals surface area (Å²) in [6.45, 7) is 3.64. The van der Waals surface area contributed by atoms with Gasteiger partial charge in [-0.1, -0.05) is 6.07 Å². The molecule has 0 radical (unpaired) electrons. The molecule has 2 N–H and O–H groups in total. The molecule has 0 spiro atoms. The van der Waals surface area contributed by atoms with Crippen LogP contribution in [0.4, 0.5) is 4.39 Å². The average Bonchev–Trinajstić information content (AvgIpc) is 2.97. The van der Waals surface area contributed by atoms with Crippen LogP contribution in [0.3, 0.4) is 0 Å². The van der Waals surface area contributed by atoms with Crippen molar-refractivity contribution in [3.8, 4) is 0 Å². The van der Waals surface area contributed by atoms with Crippen molar-refractivity contribution < 1.29 is 9.50 Å². The smallest absolute Gasteiger partial charge is 0.194 e. The van der Waals surface area contributed by atoms with E-state index < -0.39 is 5.82 Å². The van der Waals surface area contributed by atoms with Crippen molar-refractivity contribution in [2.45, 2.75) is 26.6 Å². The van der Waals surface area contributed by atoms with E-state index in [0.29, 0.717) is 12.1 Å². The second-order valence-electron chi connectivity index (χ2n) is 5.72. The Morgan fingerprint density at radius 2 is 2.12 bits per heavy atom. The van der Waals surface area contributed by atoms with E-state index in [4.69, 9.17) is 5.11 Å². The van der Waals surface area contributed by atoms with Crippen LogP contribution in [0.25, 0.3) is 0 Å². The monoisotopic (exact) mass is 460 g/mol. The van der Waals surface area contributed by atoms with Gasteiger partial charge in [-0.15, -0.1) is 24.0 Å². The molecule has 2 aromatic rings. The van der Waals surface area contributed by atoms with Crippen molar-refractivity contribution in [3.63, 3.8) is 0 Å². The zero-order chi connectivity index (χ0) is 17.5.